The summed E-state index contributed by atoms with van der Waals surface area (Å²) in [6.07, 6.45) is 0. The van der Waals surface area contributed by atoms with E-state index >= 15 is 0 Å². The maximum Gasteiger partial charge on any atom is 0.200 e. The molecule has 3 nitrogen and oxygen atoms in total. The molecule has 0 saturated heterocycles. The molecule has 4 heteroatoms. The molecule has 1 aromatic carbocycles. The van der Waals surface area contributed by atoms with Crippen molar-refractivity contribution in [1.82, 2.24) is 5.32 Å². The minimum absolute atomic E-state index is 0.239. The summed E-state index contributed by atoms with van der Waals surface area (Å²) in [5.41, 5.74) is 2.87. The number of hydrogen-bond acceptors (Lipinski definition) is 2. The topological polar surface area (TPSA) is 49.3 Å². The van der Waals surface area contributed by atoms with Gasteiger partial charge in [0.05, 0.1) is 0 Å². The second kappa shape index (κ2) is 4.18. The molecule has 0 heterocycles. The largest absolute Gasteiger partial charge is 0.508 e. The fraction of sp³-hybridized carbons (Fsp3) is 0.300. The molecular formula is C10H12BNO2. The highest BCUT2D eigenvalue weighted by atomic mass is 16.3. The lowest BCUT2D eigenvalue weighted by molar-refractivity contribution is 0.259. The van der Waals surface area contributed by atoms with Crippen molar-refractivity contribution in [1.29, 1.82) is 0 Å². The number of nitrogens with one attached hydrogen (secondary N) is 1. The minimum Gasteiger partial charge on any atom is -0.508 e. The Morgan fingerprint density at radius 3 is 2.36 bits per heavy atom. The zero-order chi connectivity index (χ0) is 10.7. The number of phenols is 1. The molecule has 72 valence electrons. The average molecular weight is 189 g/mol. The highest BCUT2D eigenvalue weighted by molar-refractivity contribution is 6.57. The third-order valence-corrected chi connectivity index (χ3v) is 2.12. The lowest BCUT2D eigenvalue weighted by Crippen LogP contribution is -2.21. The minimum atomic E-state index is -0.545. The van der Waals surface area contributed by atoms with Crippen LogP contribution in [-0.2, 0) is 6.54 Å². The number of hydrogen-bond donors (Lipinski definition) is 2. The summed E-state index contributed by atoms with van der Waals surface area (Å²) in [6, 6.07) is 3.32. The van der Waals surface area contributed by atoms with Crippen LogP contribution in [0.5, 0.6) is 5.75 Å². The molecule has 2 N–H and O–H groups in total. The van der Waals surface area contributed by atoms with Gasteiger partial charge in [0, 0.05) is 6.54 Å². The number of carbonyl (C=O) groups excluding carboxylic acids is 1. The van der Waals surface area contributed by atoms with Gasteiger partial charge in [-0.3, -0.25) is 4.79 Å². The van der Waals surface area contributed by atoms with Crippen LogP contribution in [-0.4, -0.2) is 18.8 Å². The summed E-state index contributed by atoms with van der Waals surface area (Å²) >= 11 is 0. The maximum absolute atomic E-state index is 10.5. The predicted molar refractivity (Wildman–Crippen MR) is 55.6 cm³/mol. The van der Waals surface area contributed by atoms with Gasteiger partial charge in [-0.1, -0.05) is 0 Å². The van der Waals surface area contributed by atoms with Crippen LogP contribution in [0.4, 0.5) is 4.79 Å². The first kappa shape index (κ1) is 10.6. The molecule has 2 radical (unpaired) electrons. The Hall–Kier alpha value is -1.45. The van der Waals surface area contributed by atoms with Gasteiger partial charge in [-0.25, -0.2) is 0 Å². The SMILES string of the molecule is [B]C(=O)NCc1c(C)cc(O)cc1C. The number of benzene rings is 1. The van der Waals surface area contributed by atoms with E-state index in [1.807, 2.05) is 13.8 Å². The van der Waals surface area contributed by atoms with Crippen LogP contribution in [0.2, 0.25) is 0 Å². The fourth-order valence-corrected chi connectivity index (χ4v) is 1.42. The van der Waals surface area contributed by atoms with E-state index in [0.717, 1.165) is 16.7 Å². The first-order valence-corrected chi connectivity index (χ1v) is 4.33. The van der Waals surface area contributed by atoms with Crippen LogP contribution in [0.3, 0.4) is 0 Å². The van der Waals surface area contributed by atoms with Crippen molar-refractivity contribution in [3.63, 3.8) is 0 Å². The molecule has 0 atom stereocenters. The molecule has 1 rings (SSSR count). The zero-order valence-electron chi connectivity index (χ0n) is 8.29. The second-order valence-electron chi connectivity index (χ2n) is 3.28. The molecule has 0 unspecified atom stereocenters. The number of aryl methyl sites for hydroxylation is 2. The van der Waals surface area contributed by atoms with Gasteiger partial charge in [-0.05, 0) is 42.7 Å². The van der Waals surface area contributed by atoms with E-state index in [4.69, 9.17) is 7.85 Å². The second-order valence-corrected chi connectivity index (χ2v) is 3.28. The Morgan fingerprint density at radius 2 is 1.93 bits per heavy atom. The number of phenolic OH excluding ortho intramolecular Hbond substituents is 1. The molecule has 0 saturated carbocycles. The lowest BCUT2D eigenvalue weighted by atomic mass is 10.0. The van der Waals surface area contributed by atoms with Gasteiger partial charge in [0.25, 0.3) is 0 Å². The Labute approximate surface area is 84.5 Å². The van der Waals surface area contributed by atoms with Crippen molar-refractivity contribution in [2.45, 2.75) is 20.4 Å². The number of amides is 1. The van der Waals surface area contributed by atoms with Gasteiger partial charge in [0.2, 0.25) is 7.85 Å². The van der Waals surface area contributed by atoms with Gasteiger partial charge in [0.1, 0.15) is 5.75 Å². The highest BCUT2D eigenvalue weighted by Gasteiger charge is 2.04. The van der Waals surface area contributed by atoms with E-state index in [0.29, 0.717) is 6.54 Å². The van der Waals surface area contributed by atoms with Crippen molar-refractivity contribution in [2.24, 2.45) is 0 Å². The van der Waals surface area contributed by atoms with Gasteiger partial charge in [0.15, 0.2) is 5.81 Å². The molecular weight excluding hydrogens is 177 g/mol. The molecule has 0 aromatic heterocycles. The van der Waals surface area contributed by atoms with Crippen LogP contribution in [0.25, 0.3) is 0 Å². The molecule has 1 aromatic rings. The maximum atomic E-state index is 10.5. The number of aromatic hydroxyl groups is 1. The van der Waals surface area contributed by atoms with Crippen LogP contribution in [0, 0.1) is 13.8 Å². The summed E-state index contributed by atoms with van der Waals surface area (Å²) in [4.78, 5) is 10.5. The molecule has 0 spiro atoms. The van der Waals surface area contributed by atoms with Crippen LogP contribution >= 0.6 is 0 Å². The molecule has 1 amide bonds. The van der Waals surface area contributed by atoms with Crippen LogP contribution in [0.1, 0.15) is 16.7 Å². The summed E-state index contributed by atoms with van der Waals surface area (Å²) in [5, 5.41) is 11.8. The Kier molecular flexibility index (Phi) is 3.17. The van der Waals surface area contributed by atoms with Gasteiger partial charge in [-0.15, -0.1) is 0 Å². The molecule has 0 fully saturated rings. The molecule has 0 aliphatic carbocycles. The van der Waals surface area contributed by atoms with E-state index in [1.165, 1.54) is 0 Å². The van der Waals surface area contributed by atoms with Crippen LogP contribution in [0.15, 0.2) is 12.1 Å². The average Bonchev–Trinajstić information content (AvgIpc) is 2.01. The van der Waals surface area contributed by atoms with Gasteiger partial charge in [-0.2, -0.15) is 0 Å². The first-order valence-electron chi connectivity index (χ1n) is 4.33. The monoisotopic (exact) mass is 189 g/mol. The fourth-order valence-electron chi connectivity index (χ4n) is 1.42. The standard InChI is InChI=1S/C10H12BNO2/c1-6-3-8(13)4-7(2)9(6)5-12-10(11)14/h3-4,13H,5H2,1-2H3,(H,12,14). The van der Waals surface area contributed by atoms with E-state index < -0.39 is 5.81 Å². The van der Waals surface area contributed by atoms with Crippen molar-refractivity contribution in [2.75, 3.05) is 0 Å². The summed E-state index contributed by atoms with van der Waals surface area (Å²) in [7, 11) is 4.97. The third-order valence-electron chi connectivity index (χ3n) is 2.12. The third kappa shape index (κ3) is 2.52. The van der Waals surface area contributed by atoms with Crippen molar-refractivity contribution in [3.8, 4) is 5.75 Å². The van der Waals surface area contributed by atoms with Crippen LogP contribution < -0.4 is 5.32 Å². The van der Waals surface area contributed by atoms with Crippen molar-refractivity contribution < 1.29 is 9.90 Å². The van der Waals surface area contributed by atoms with Gasteiger partial charge >= 0.3 is 0 Å². The van der Waals surface area contributed by atoms with E-state index in [-0.39, 0.29) is 5.75 Å². The Bertz CT molecular complexity index is 340. The molecule has 0 aliphatic heterocycles. The first-order chi connectivity index (χ1) is 6.50. The van der Waals surface area contributed by atoms with E-state index in [2.05, 4.69) is 5.32 Å². The summed E-state index contributed by atoms with van der Waals surface area (Å²) in [6.45, 7) is 4.16. The zero-order valence-corrected chi connectivity index (χ0v) is 8.29. The number of rotatable bonds is 2. The highest BCUT2D eigenvalue weighted by Crippen LogP contribution is 2.20. The van der Waals surface area contributed by atoms with Crippen molar-refractivity contribution in [3.05, 3.63) is 28.8 Å². The van der Waals surface area contributed by atoms with E-state index in [9.17, 15) is 9.90 Å². The number of carbonyl (C=O) groups is 1. The van der Waals surface area contributed by atoms with Gasteiger partial charge < -0.3 is 10.4 Å². The van der Waals surface area contributed by atoms with E-state index in [1.54, 1.807) is 12.1 Å². The molecule has 14 heavy (non-hydrogen) atoms. The predicted octanol–water partition coefficient (Wildman–Crippen LogP) is 1.39. The quantitative estimate of drug-likeness (QED) is 0.690. The smallest absolute Gasteiger partial charge is 0.200 e. The lowest BCUT2D eigenvalue weighted by Gasteiger charge is -2.10. The summed E-state index contributed by atoms with van der Waals surface area (Å²) < 4.78 is 0. The molecule has 0 aliphatic rings. The Balaban J connectivity index is 2.91. The Morgan fingerprint density at radius 1 is 1.43 bits per heavy atom. The van der Waals surface area contributed by atoms with Crippen molar-refractivity contribution >= 4 is 13.7 Å². The molecule has 0 bridgehead atoms. The normalized spacial score (nSPS) is 9.86. The summed E-state index contributed by atoms with van der Waals surface area (Å²) in [5.74, 6) is -0.306.